The van der Waals surface area contributed by atoms with Gasteiger partial charge in [-0.15, -0.1) is 0 Å². The molecule has 1 amide bonds. The first-order chi connectivity index (χ1) is 9.90. The molecule has 1 fully saturated rings. The highest BCUT2D eigenvalue weighted by molar-refractivity contribution is 5.68. The van der Waals surface area contributed by atoms with Crippen molar-refractivity contribution < 1.29 is 14.3 Å². The molecule has 5 nitrogen and oxygen atoms in total. The number of rotatable bonds is 2. The molecule has 1 saturated heterocycles. The Labute approximate surface area is 126 Å². The minimum Gasteiger partial charge on any atom is -0.495 e. The molecule has 2 heterocycles. The van der Waals surface area contributed by atoms with Crippen molar-refractivity contribution in [2.45, 2.75) is 45.1 Å². The van der Waals surface area contributed by atoms with Crippen molar-refractivity contribution in [3.8, 4) is 5.75 Å². The van der Waals surface area contributed by atoms with Gasteiger partial charge in [-0.1, -0.05) is 0 Å². The molecule has 0 unspecified atom stereocenters. The predicted octanol–water partition coefficient (Wildman–Crippen LogP) is 3.20. The van der Waals surface area contributed by atoms with Crippen molar-refractivity contribution in [2.75, 3.05) is 20.2 Å². The normalized spacial score (nSPS) is 16.7. The fourth-order valence-corrected chi connectivity index (χ4v) is 2.54. The number of aromatic nitrogens is 1. The van der Waals surface area contributed by atoms with Crippen LogP contribution in [0.5, 0.6) is 5.75 Å². The van der Waals surface area contributed by atoms with Crippen LogP contribution in [0.25, 0.3) is 0 Å². The lowest BCUT2D eigenvalue weighted by Crippen LogP contribution is -2.41. The average Bonchev–Trinajstić information content (AvgIpc) is 2.45. The number of amides is 1. The van der Waals surface area contributed by atoms with Crippen molar-refractivity contribution >= 4 is 6.09 Å². The van der Waals surface area contributed by atoms with Crippen LogP contribution in [0.2, 0.25) is 0 Å². The van der Waals surface area contributed by atoms with Crippen LogP contribution < -0.4 is 4.74 Å². The molecule has 0 N–H and O–H groups in total. The van der Waals surface area contributed by atoms with Gasteiger partial charge in [-0.25, -0.2) is 4.79 Å². The number of nitrogens with zero attached hydrogens (tertiary/aromatic N) is 2. The van der Waals surface area contributed by atoms with E-state index in [-0.39, 0.29) is 6.09 Å². The van der Waals surface area contributed by atoms with E-state index in [4.69, 9.17) is 9.47 Å². The van der Waals surface area contributed by atoms with Crippen LogP contribution >= 0.6 is 0 Å². The SMILES string of the molecule is COc1cccnc1C1CCN(C(=O)OC(C)(C)C)CC1. The van der Waals surface area contributed by atoms with Gasteiger partial charge in [0.1, 0.15) is 11.4 Å². The molecule has 0 atom stereocenters. The Morgan fingerprint density at radius 1 is 1.33 bits per heavy atom. The van der Waals surface area contributed by atoms with E-state index in [9.17, 15) is 4.79 Å². The molecule has 0 spiro atoms. The van der Waals surface area contributed by atoms with Gasteiger partial charge in [0, 0.05) is 25.2 Å². The first-order valence-corrected chi connectivity index (χ1v) is 7.37. The number of ether oxygens (including phenoxy) is 2. The first-order valence-electron chi connectivity index (χ1n) is 7.37. The Bertz CT molecular complexity index is 489. The summed E-state index contributed by atoms with van der Waals surface area (Å²) in [5.41, 5.74) is 0.543. The Morgan fingerprint density at radius 2 is 2.00 bits per heavy atom. The Balaban J connectivity index is 1.96. The fraction of sp³-hybridized carbons (Fsp3) is 0.625. The quantitative estimate of drug-likeness (QED) is 0.840. The highest BCUT2D eigenvalue weighted by Crippen LogP contribution is 2.32. The van der Waals surface area contributed by atoms with Crippen molar-refractivity contribution in [3.05, 3.63) is 24.0 Å². The van der Waals surface area contributed by atoms with Gasteiger partial charge in [0.25, 0.3) is 0 Å². The van der Waals surface area contributed by atoms with Crippen LogP contribution in [0.3, 0.4) is 0 Å². The van der Waals surface area contributed by atoms with Crippen LogP contribution in [0, 0.1) is 0 Å². The summed E-state index contributed by atoms with van der Waals surface area (Å²) in [4.78, 5) is 18.3. The third-order valence-electron chi connectivity index (χ3n) is 3.55. The van der Waals surface area contributed by atoms with Crippen LogP contribution in [0.15, 0.2) is 18.3 Å². The number of carbonyl (C=O) groups is 1. The number of hydrogen-bond donors (Lipinski definition) is 0. The number of likely N-dealkylation sites (tertiary alicyclic amines) is 1. The Morgan fingerprint density at radius 3 is 2.57 bits per heavy atom. The molecular formula is C16H24N2O3. The van der Waals surface area contributed by atoms with Crippen LogP contribution in [-0.4, -0.2) is 41.8 Å². The summed E-state index contributed by atoms with van der Waals surface area (Å²) in [6, 6.07) is 3.81. The maximum Gasteiger partial charge on any atom is 0.410 e. The second-order valence-electron chi connectivity index (χ2n) is 6.33. The van der Waals surface area contributed by atoms with E-state index in [1.807, 2.05) is 32.9 Å². The largest absolute Gasteiger partial charge is 0.495 e. The number of carbonyl (C=O) groups excluding carboxylic acids is 1. The van der Waals surface area contributed by atoms with Gasteiger partial charge in [-0.05, 0) is 45.7 Å². The molecule has 0 bridgehead atoms. The molecule has 1 aliphatic rings. The summed E-state index contributed by atoms with van der Waals surface area (Å²) >= 11 is 0. The summed E-state index contributed by atoms with van der Waals surface area (Å²) in [7, 11) is 1.66. The van der Waals surface area contributed by atoms with E-state index in [1.165, 1.54) is 0 Å². The molecule has 0 radical (unpaired) electrons. The topological polar surface area (TPSA) is 51.7 Å². The maximum absolute atomic E-state index is 12.0. The fourth-order valence-electron chi connectivity index (χ4n) is 2.54. The Hall–Kier alpha value is -1.78. The van der Waals surface area contributed by atoms with Crippen LogP contribution in [0.1, 0.15) is 45.2 Å². The molecule has 116 valence electrons. The van der Waals surface area contributed by atoms with Gasteiger partial charge in [0.15, 0.2) is 0 Å². The van der Waals surface area contributed by atoms with Crippen molar-refractivity contribution in [1.82, 2.24) is 9.88 Å². The summed E-state index contributed by atoms with van der Waals surface area (Å²) in [6.07, 6.45) is 3.33. The molecule has 0 saturated carbocycles. The highest BCUT2D eigenvalue weighted by atomic mass is 16.6. The van der Waals surface area contributed by atoms with Gasteiger partial charge >= 0.3 is 6.09 Å². The maximum atomic E-state index is 12.0. The standard InChI is InChI=1S/C16H24N2O3/c1-16(2,3)21-15(19)18-10-7-12(8-11-18)14-13(20-4)6-5-9-17-14/h5-6,9,12H,7-8,10-11H2,1-4H3. The summed E-state index contributed by atoms with van der Waals surface area (Å²) in [6.45, 7) is 7.04. The average molecular weight is 292 g/mol. The molecule has 21 heavy (non-hydrogen) atoms. The second-order valence-corrected chi connectivity index (χ2v) is 6.33. The monoisotopic (exact) mass is 292 g/mol. The van der Waals surface area contributed by atoms with Crippen molar-refractivity contribution in [2.24, 2.45) is 0 Å². The number of pyridine rings is 1. The lowest BCUT2D eigenvalue weighted by atomic mass is 9.92. The number of methoxy groups -OCH3 is 1. The minimum atomic E-state index is -0.446. The molecule has 2 rings (SSSR count). The summed E-state index contributed by atoms with van der Waals surface area (Å²) < 4.78 is 10.8. The van der Waals surface area contributed by atoms with Gasteiger partial charge in [-0.3, -0.25) is 4.98 Å². The molecular weight excluding hydrogens is 268 g/mol. The van der Waals surface area contributed by atoms with E-state index in [2.05, 4.69) is 4.98 Å². The van der Waals surface area contributed by atoms with E-state index < -0.39 is 5.60 Å². The molecule has 0 aliphatic carbocycles. The number of piperidine rings is 1. The Kier molecular flexibility index (Phi) is 4.70. The molecule has 5 heteroatoms. The van der Waals surface area contributed by atoms with Crippen LogP contribution in [-0.2, 0) is 4.74 Å². The lowest BCUT2D eigenvalue weighted by Gasteiger charge is -2.33. The summed E-state index contributed by atoms with van der Waals surface area (Å²) in [5, 5.41) is 0. The molecule has 1 aliphatic heterocycles. The first kappa shape index (κ1) is 15.6. The second kappa shape index (κ2) is 6.33. The summed E-state index contributed by atoms with van der Waals surface area (Å²) in [5.74, 6) is 1.16. The molecule has 1 aromatic heterocycles. The zero-order chi connectivity index (χ0) is 15.5. The zero-order valence-electron chi connectivity index (χ0n) is 13.3. The third kappa shape index (κ3) is 4.09. The third-order valence-corrected chi connectivity index (χ3v) is 3.55. The lowest BCUT2D eigenvalue weighted by molar-refractivity contribution is 0.0203. The highest BCUT2D eigenvalue weighted by Gasteiger charge is 2.29. The van der Waals surface area contributed by atoms with E-state index >= 15 is 0 Å². The van der Waals surface area contributed by atoms with E-state index in [0.29, 0.717) is 19.0 Å². The predicted molar refractivity (Wildman–Crippen MR) is 80.6 cm³/mol. The van der Waals surface area contributed by atoms with Gasteiger partial charge in [0.05, 0.1) is 12.8 Å². The smallest absolute Gasteiger partial charge is 0.410 e. The zero-order valence-corrected chi connectivity index (χ0v) is 13.3. The van der Waals surface area contributed by atoms with E-state index in [1.54, 1.807) is 18.2 Å². The van der Waals surface area contributed by atoms with Gasteiger partial charge in [-0.2, -0.15) is 0 Å². The number of hydrogen-bond acceptors (Lipinski definition) is 4. The van der Waals surface area contributed by atoms with E-state index in [0.717, 1.165) is 24.3 Å². The van der Waals surface area contributed by atoms with Crippen LogP contribution in [0.4, 0.5) is 4.79 Å². The minimum absolute atomic E-state index is 0.228. The molecule has 1 aromatic rings. The molecule has 0 aromatic carbocycles. The van der Waals surface area contributed by atoms with Crippen molar-refractivity contribution in [3.63, 3.8) is 0 Å². The van der Waals surface area contributed by atoms with Gasteiger partial charge in [0.2, 0.25) is 0 Å². The van der Waals surface area contributed by atoms with Crippen molar-refractivity contribution in [1.29, 1.82) is 0 Å². The van der Waals surface area contributed by atoms with Gasteiger partial charge < -0.3 is 14.4 Å².